The van der Waals surface area contributed by atoms with Crippen molar-refractivity contribution in [2.45, 2.75) is 0 Å². The van der Waals surface area contributed by atoms with E-state index >= 15 is 0 Å². The second-order valence-electron chi connectivity index (χ2n) is 3.42. The molecule has 2 aromatic rings. The van der Waals surface area contributed by atoms with Gasteiger partial charge in [0.25, 0.3) is 0 Å². The van der Waals surface area contributed by atoms with E-state index in [1.807, 2.05) is 7.05 Å². The third kappa shape index (κ3) is 2.41. The highest BCUT2D eigenvalue weighted by Crippen LogP contribution is 2.18. The minimum absolute atomic E-state index is 0.388. The fourth-order valence-corrected chi connectivity index (χ4v) is 1.40. The van der Waals surface area contributed by atoms with Crippen molar-refractivity contribution in [1.29, 1.82) is 0 Å². The largest absolute Gasteiger partial charge is 0.465 e. The van der Waals surface area contributed by atoms with Crippen LogP contribution in [0.2, 0.25) is 0 Å². The van der Waals surface area contributed by atoms with E-state index in [0.29, 0.717) is 11.4 Å². The first kappa shape index (κ1) is 11.1. The van der Waals surface area contributed by atoms with E-state index in [-0.39, 0.29) is 0 Å². The van der Waals surface area contributed by atoms with Crippen molar-refractivity contribution in [2.75, 3.05) is 12.4 Å². The molecule has 88 valence electrons. The van der Waals surface area contributed by atoms with Crippen molar-refractivity contribution < 1.29 is 9.53 Å². The van der Waals surface area contributed by atoms with Gasteiger partial charge >= 0.3 is 5.97 Å². The summed E-state index contributed by atoms with van der Waals surface area (Å²) < 4.78 is 6.34. The normalized spacial score (nSPS) is 10.0. The lowest BCUT2D eigenvalue weighted by atomic mass is 10.2. The summed E-state index contributed by atoms with van der Waals surface area (Å²) in [5.41, 5.74) is 1.15. The quantitative estimate of drug-likeness (QED) is 0.809. The molecule has 0 aliphatic heterocycles. The van der Waals surface area contributed by atoms with E-state index in [0.717, 1.165) is 5.69 Å². The van der Waals surface area contributed by atoms with Gasteiger partial charge in [0.05, 0.1) is 19.0 Å². The third-order valence-corrected chi connectivity index (χ3v) is 2.18. The zero-order valence-electron chi connectivity index (χ0n) is 9.54. The zero-order valence-corrected chi connectivity index (χ0v) is 9.54. The number of ether oxygens (including phenoxy) is 1. The first-order valence-corrected chi connectivity index (χ1v) is 4.99. The average molecular weight is 232 g/mol. The number of nitrogens with one attached hydrogen (secondary N) is 1. The van der Waals surface area contributed by atoms with Gasteiger partial charge in [-0.3, -0.25) is 4.68 Å². The minimum atomic E-state index is -0.426. The van der Waals surface area contributed by atoms with Crippen LogP contribution in [0, 0.1) is 0 Å². The summed E-state index contributed by atoms with van der Waals surface area (Å²) in [6.45, 7) is 0. The van der Waals surface area contributed by atoms with Crippen molar-refractivity contribution in [3.05, 3.63) is 36.3 Å². The first-order chi connectivity index (χ1) is 8.20. The summed E-state index contributed by atoms with van der Waals surface area (Å²) in [6.07, 6.45) is 5.04. The molecule has 2 aromatic heterocycles. The van der Waals surface area contributed by atoms with Crippen molar-refractivity contribution in [3.8, 4) is 0 Å². The summed E-state index contributed by atoms with van der Waals surface area (Å²) in [7, 11) is 3.15. The Bertz CT molecular complexity index is 536. The molecule has 0 fully saturated rings. The van der Waals surface area contributed by atoms with Crippen molar-refractivity contribution in [1.82, 2.24) is 14.8 Å². The second kappa shape index (κ2) is 4.65. The van der Waals surface area contributed by atoms with Crippen LogP contribution in [0.3, 0.4) is 0 Å². The molecule has 0 saturated carbocycles. The number of esters is 1. The van der Waals surface area contributed by atoms with Crippen LogP contribution in [0.25, 0.3) is 0 Å². The van der Waals surface area contributed by atoms with Crippen molar-refractivity contribution in [2.24, 2.45) is 7.05 Å². The second-order valence-corrected chi connectivity index (χ2v) is 3.42. The fourth-order valence-electron chi connectivity index (χ4n) is 1.40. The van der Waals surface area contributed by atoms with E-state index < -0.39 is 5.97 Å². The molecule has 0 aromatic carbocycles. The van der Waals surface area contributed by atoms with Crippen LogP contribution in [-0.4, -0.2) is 27.8 Å². The van der Waals surface area contributed by atoms with Gasteiger partial charge < -0.3 is 10.1 Å². The molecule has 0 amide bonds. The number of methoxy groups -OCH3 is 1. The Kier molecular flexibility index (Phi) is 3.04. The predicted molar refractivity (Wildman–Crippen MR) is 62.1 cm³/mol. The van der Waals surface area contributed by atoms with E-state index in [1.165, 1.54) is 7.11 Å². The van der Waals surface area contributed by atoms with E-state index in [4.69, 9.17) is 0 Å². The number of aryl methyl sites for hydroxylation is 1. The number of nitrogens with zero attached hydrogens (tertiary/aromatic N) is 3. The minimum Gasteiger partial charge on any atom is -0.465 e. The van der Waals surface area contributed by atoms with Gasteiger partial charge in [0.2, 0.25) is 0 Å². The molecular formula is C11H12N4O2. The van der Waals surface area contributed by atoms with Gasteiger partial charge in [-0.2, -0.15) is 5.10 Å². The number of rotatable bonds is 3. The lowest BCUT2D eigenvalue weighted by molar-refractivity contribution is 0.0601. The monoisotopic (exact) mass is 232 g/mol. The van der Waals surface area contributed by atoms with E-state index in [1.54, 1.807) is 35.4 Å². The number of anilines is 2. The van der Waals surface area contributed by atoms with Gasteiger partial charge in [0.15, 0.2) is 0 Å². The molecule has 0 unspecified atom stereocenters. The van der Waals surface area contributed by atoms with Gasteiger partial charge in [-0.25, -0.2) is 9.78 Å². The highest BCUT2D eigenvalue weighted by Gasteiger charge is 2.12. The smallest absolute Gasteiger partial charge is 0.341 e. The average Bonchev–Trinajstić information content (AvgIpc) is 2.74. The molecule has 1 N–H and O–H groups in total. The summed E-state index contributed by atoms with van der Waals surface area (Å²) in [4.78, 5) is 15.6. The van der Waals surface area contributed by atoms with Gasteiger partial charge in [-0.15, -0.1) is 0 Å². The number of carbonyl (C=O) groups is 1. The maximum atomic E-state index is 11.5. The molecule has 0 atom stereocenters. The lowest BCUT2D eigenvalue weighted by Crippen LogP contribution is -2.06. The summed E-state index contributed by atoms with van der Waals surface area (Å²) >= 11 is 0. The highest BCUT2D eigenvalue weighted by atomic mass is 16.5. The Balaban J connectivity index is 2.29. The van der Waals surface area contributed by atoms with Crippen LogP contribution in [0.1, 0.15) is 10.4 Å². The molecule has 0 aliphatic rings. The Morgan fingerprint density at radius 2 is 2.35 bits per heavy atom. The van der Waals surface area contributed by atoms with Crippen molar-refractivity contribution >= 4 is 17.5 Å². The molecule has 0 bridgehead atoms. The number of hydrogen-bond acceptors (Lipinski definition) is 5. The van der Waals surface area contributed by atoms with Crippen LogP contribution in [0.4, 0.5) is 11.5 Å². The maximum Gasteiger partial charge on any atom is 0.341 e. The molecule has 17 heavy (non-hydrogen) atoms. The Labute approximate surface area is 98.2 Å². The molecule has 0 saturated heterocycles. The van der Waals surface area contributed by atoms with Crippen molar-refractivity contribution in [3.63, 3.8) is 0 Å². The SMILES string of the molecule is COC(=O)c1cccnc1Nc1cnn(C)c1. The Hall–Kier alpha value is -2.37. The van der Waals surface area contributed by atoms with Crippen LogP contribution >= 0.6 is 0 Å². The predicted octanol–water partition coefficient (Wildman–Crippen LogP) is 1.35. The summed E-state index contributed by atoms with van der Waals surface area (Å²) in [5.74, 6) is 0.0249. The molecule has 6 nitrogen and oxygen atoms in total. The molecule has 2 heterocycles. The van der Waals surface area contributed by atoms with Gasteiger partial charge in [-0.05, 0) is 12.1 Å². The molecule has 6 heteroatoms. The molecule has 0 spiro atoms. The van der Waals surface area contributed by atoms with Crippen LogP contribution in [0.5, 0.6) is 0 Å². The molecular weight excluding hydrogens is 220 g/mol. The fraction of sp³-hybridized carbons (Fsp3) is 0.182. The molecule has 0 aliphatic carbocycles. The van der Waals surface area contributed by atoms with Gasteiger partial charge in [0, 0.05) is 19.4 Å². The van der Waals surface area contributed by atoms with Gasteiger partial charge in [0.1, 0.15) is 11.4 Å². The van der Waals surface area contributed by atoms with E-state index in [9.17, 15) is 4.79 Å². The number of aromatic nitrogens is 3. The van der Waals surface area contributed by atoms with Crippen LogP contribution in [0.15, 0.2) is 30.7 Å². The van der Waals surface area contributed by atoms with Crippen LogP contribution < -0.4 is 5.32 Å². The standard InChI is InChI=1S/C11H12N4O2/c1-15-7-8(6-13-15)14-10-9(11(16)17-2)4-3-5-12-10/h3-7H,1-2H3,(H,12,14). The summed E-state index contributed by atoms with van der Waals surface area (Å²) in [5, 5.41) is 7.03. The first-order valence-electron chi connectivity index (χ1n) is 4.99. The zero-order chi connectivity index (χ0) is 12.3. The number of carbonyl (C=O) groups excluding carboxylic acids is 1. The number of pyridine rings is 1. The topological polar surface area (TPSA) is 69.0 Å². The van der Waals surface area contributed by atoms with Crippen LogP contribution in [-0.2, 0) is 11.8 Å². The van der Waals surface area contributed by atoms with E-state index in [2.05, 4.69) is 20.1 Å². The molecule has 0 radical (unpaired) electrons. The highest BCUT2D eigenvalue weighted by molar-refractivity contribution is 5.95. The molecule has 2 rings (SSSR count). The third-order valence-electron chi connectivity index (χ3n) is 2.18. The van der Waals surface area contributed by atoms with Gasteiger partial charge in [-0.1, -0.05) is 0 Å². The Morgan fingerprint density at radius 1 is 1.53 bits per heavy atom. The summed E-state index contributed by atoms with van der Waals surface area (Å²) in [6, 6.07) is 3.33. The maximum absolute atomic E-state index is 11.5. The lowest BCUT2D eigenvalue weighted by Gasteiger charge is -2.07. The Morgan fingerprint density at radius 3 is 3.00 bits per heavy atom. The number of hydrogen-bond donors (Lipinski definition) is 1.